The topological polar surface area (TPSA) is 70.4 Å². The number of hydrogen-bond donors (Lipinski definition) is 0. The lowest BCUT2D eigenvalue weighted by atomic mass is 10.1. The Balaban J connectivity index is 1.81. The SMILES string of the molecule is COC(=O)CCCn1c(Cc2ccccc2OC)nc2scc(-c3ccccc3)c2c1=O. The van der Waals surface area contributed by atoms with Crippen LogP contribution in [0.2, 0.25) is 0 Å². The summed E-state index contributed by atoms with van der Waals surface area (Å²) in [4.78, 5) is 30.9. The molecule has 0 atom stereocenters. The summed E-state index contributed by atoms with van der Waals surface area (Å²) >= 11 is 1.47. The first-order valence-corrected chi connectivity index (χ1v) is 11.3. The zero-order valence-electron chi connectivity index (χ0n) is 18.0. The van der Waals surface area contributed by atoms with Gasteiger partial charge in [0.15, 0.2) is 0 Å². The molecule has 0 amide bonds. The second kappa shape index (κ2) is 9.78. The van der Waals surface area contributed by atoms with Crippen molar-refractivity contribution in [1.82, 2.24) is 9.55 Å². The number of carbonyl (C=O) groups is 1. The Morgan fingerprint density at radius 1 is 1.06 bits per heavy atom. The lowest BCUT2D eigenvalue weighted by Gasteiger charge is -2.14. The van der Waals surface area contributed by atoms with Gasteiger partial charge >= 0.3 is 5.97 Å². The average Bonchev–Trinajstić information content (AvgIpc) is 3.26. The maximum atomic E-state index is 13.7. The van der Waals surface area contributed by atoms with Gasteiger partial charge in [-0.1, -0.05) is 48.5 Å². The van der Waals surface area contributed by atoms with Crippen molar-refractivity contribution < 1.29 is 14.3 Å². The van der Waals surface area contributed by atoms with Gasteiger partial charge < -0.3 is 9.47 Å². The highest BCUT2D eigenvalue weighted by Crippen LogP contribution is 2.31. The Morgan fingerprint density at radius 2 is 1.81 bits per heavy atom. The van der Waals surface area contributed by atoms with E-state index in [0.717, 1.165) is 22.4 Å². The van der Waals surface area contributed by atoms with Crippen molar-refractivity contribution in [2.75, 3.05) is 14.2 Å². The maximum absolute atomic E-state index is 13.7. The van der Waals surface area contributed by atoms with E-state index in [1.54, 1.807) is 11.7 Å². The predicted molar refractivity (Wildman–Crippen MR) is 126 cm³/mol. The summed E-state index contributed by atoms with van der Waals surface area (Å²) in [6, 6.07) is 17.6. The molecule has 2 aromatic carbocycles. The number of para-hydroxylation sites is 1. The fourth-order valence-electron chi connectivity index (χ4n) is 3.77. The van der Waals surface area contributed by atoms with Crippen molar-refractivity contribution >= 4 is 27.5 Å². The van der Waals surface area contributed by atoms with E-state index in [-0.39, 0.29) is 17.9 Å². The van der Waals surface area contributed by atoms with E-state index in [4.69, 9.17) is 14.5 Å². The summed E-state index contributed by atoms with van der Waals surface area (Å²) in [5.74, 6) is 1.11. The molecule has 164 valence electrons. The molecule has 2 heterocycles. The van der Waals surface area contributed by atoms with Crippen LogP contribution in [0.3, 0.4) is 0 Å². The van der Waals surface area contributed by atoms with Gasteiger partial charge in [0, 0.05) is 35.9 Å². The second-order valence-electron chi connectivity index (χ2n) is 7.35. The quantitative estimate of drug-likeness (QED) is 0.366. The number of aromatic nitrogens is 2. The van der Waals surface area contributed by atoms with E-state index in [0.29, 0.717) is 35.4 Å². The van der Waals surface area contributed by atoms with Crippen LogP contribution in [0.4, 0.5) is 0 Å². The van der Waals surface area contributed by atoms with Gasteiger partial charge in [0.2, 0.25) is 0 Å². The summed E-state index contributed by atoms with van der Waals surface area (Å²) in [5.41, 5.74) is 2.72. The molecule has 0 fully saturated rings. The molecular weight excluding hydrogens is 424 g/mol. The van der Waals surface area contributed by atoms with Crippen LogP contribution >= 0.6 is 11.3 Å². The molecule has 0 unspecified atom stereocenters. The zero-order valence-corrected chi connectivity index (χ0v) is 18.9. The van der Waals surface area contributed by atoms with Crippen LogP contribution in [0.25, 0.3) is 21.3 Å². The van der Waals surface area contributed by atoms with Crippen molar-refractivity contribution in [2.45, 2.75) is 25.8 Å². The van der Waals surface area contributed by atoms with Crippen molar-refractivity contribution in [2.24, 2.45) is 0 Å². The van der Waals surface area contributed by atoms with Crippen LogP contribution in [0, 0.1) is 0 Å². The number of nitrogens with zero attached hydrogens (tertiary/aromatic N) is 2. The third kappa shape index (κ3) is 4.43. The molecule has 0 radical (unpaired) electrons. The molecule has 32 heavy (non-hydrogen) atoms. The number of esters is 1. The number of carbonyl (C=O) groups excluding carboxylic acids is 1. The van der Waals surface area contributed by atoms with Crippen LogP contribution in [0.1, 0.15) is 24.2 Å². The number of fused-ring (bicyclic) bond motifs is 1. The van der Waals surface area contributed by atoms with E-state index in [2.05, 4.69) is 0 Å². The highest BCUT2D eigenvalue weighted by atomic mass is 32.1. The smallest absolute Gasteiger partial charge is 0.305 e. The molecule has 0 spiro atoms. The molecular formula is C25H24N2O4S. The Hall–Kier alpha value is -3.45. The molecule has 0 aliphatic heterocycles. The molecule has 4 rings (SSSR count). The minimum Gasteiger partial charge on any atom is -0.496 e. The fraction of sp³-hybridized carbons (Fsp3) is 0.240. The Labute approximate surface area is 190 Å². The maximum Gasteiger partial charge on any atom is 0.305 e. The van der Waals surface area contributed by atoms with Gasteiger partial charge in [-0.25, -0.2) is 4.98 Å². The molecule has 0 bridgehead atoms. The second-order valence-corrected chi connectivity index (χ2v) is 8.21. The monoisotopic (exact) mass is 448 g/mol. The van der Waals surface area contributed by atoms with E-state index in [9.17, 15) is 9.59 Å². The van der Waals surface area contributed by atoms with Crippen LogP contribution in [0.5, 0.6) is 5.75 Å². The van der Waals surface area contributed by atoms with Crippen LogP contribution in [-0.4, -0.2) is 29.7 Å². The number of hydrogen-bond acceptors (Lipinski definition) is 6. The van der Waals surface area contributed by atoms with Crippen molar-refractivity contribution in [3.8, 4) is 16.9 Å². The van der Waals surface area contributed by atoms with E-state index < -0.39 is 0 Å². The minimum absolute atomic E-state index is 0.0927. The van der Waals surface area contributed by atoms with E-state index >= 15 is 0 Å². The molecule has 0 aliphatic rings. The third-order valence-electron chi connectivity index (χ3n) is 5.39. The predicted octanol–water partition coefficient (Wildman–Crippen LogP) is 4.68. The lowest BCUT2D eigenvalue weighted by molar-refractivity contribution is -0.140. The fourth-order valence-corrected chi connectivity index (χ4v) is 4.72. The molecule has 6 nitrogen and oxygen atoms in total. The standard InChI is InChI=1S/C25H24N2O4S/c1-30-20-12-7-6-11-18(20)15-21-26-24-23(19(16-32-24)17-9-4-3-5-10-17)25(29)27(21)14-8-13-22(28)31-2/h3-7,9-12,16H,8,13-15H2,1-2H3. The first kappa shape index (κ1) is 21.8. The Kier molecular flexibility index (Phi) is 6.66. The van der Waals surface area contributed by atoms with Crippen molar-refractivity contribution in [1.29, 1.82) is 0 Å². The van der Waals surface area contributed by atoms with E-state index in [1.165, 1.54) is 18.4 Å². The molecule has 0 aliphatic carbocycles. The van der Waals surface area contributed by atoms with Gasteiger partial charge in [-0.2, -0.15) is 0 Å². The van der Waals surface area contributed by atoms with Crippen LogP contribution in [-0.2, 0) is 22.5 Å². The lowest BCUT2D eigenvalue weighted by Crippen LogP contribution is -2.26. The van der Waals surface area contributed by atoms with Crippen LogP contribution < -0.4 is 10.3 Å². The van der Waals surface area contributed by atoms with Crippen molar-refractivity contribution in [3.05, 3.63) is 81.7 Å². The van der Waals surface area contributed by atoms with Crippen LogP contribution in [0.15, 0.2) is 64.8 Å². The first-order valence-electron chi connectivity index (χ1n) is 10.4. The summed E-state index contributed by atoms with van der Waals surface area (Å²) in [6.07, 6.45) is 1.18. The van der Waals surface area contributed by atoms with Gasteiger partial charge in [-0.3, -0.25) is 14.2 Å². The molecule has 7 heteroatoms. The highest BCUT2D eigenvalue weighted by molar-refractivity contribution is 7.17. The molecule has 0 N–H and O–H groups in total. The minimum atomic E-state index is -0.293. The van der Waals surface area contributed by atoms with Gasteiger partial charge in [-0.05, 0) is 18.1 Å². The Bertz CT molecular complexity index is 1290. The van der Waals surface area contributed by atoms with Gasteiger partial charge in [0.25, 0.3) is 5.56 Å². The average molecular weight is 449 g/mol. The van der Waals surface area contributed by atoms with Gasteiger partial charge in [0.05, 0.1) is 19.6 Å². The normalized spacial score (nSPS) is 10.9. The molecule has 2 aromatic heterocycles. The number of thiophene rings is 1. The van der Waals surface area contributed by atoms with Crippen molar-refractivity contribution in [3.63, 3.8) is 0 Å². The molecule has 0 saturated heterocycles. The highest BCUT2D eigenvalue weighted by Gasteiger charge is 2.18. The number of benzene rings is 2. The zero-order chi connectivity index (χ0) is 22.5. The first-order chi connectivity index (χ1) is 15.6. The molecule has 0 saturated carbocycles. The van der Waals surface area contributed by atoms with E-state index in [1.807, 2.05) is 60.0 Å². The Morgan fingerprint density at radius 3 is 2.56 bits per heavy atom. The number of ether oxygens (including phenoxy) is 2. The summed E-state index contributed by atoms with van der Waals surface area (Å²) in [7, 11) is 3.00. The van der Waals surface area contributed by atoms with Gasteiger partial charge in [-0.15, -0.1) is 11.3 Å². The number of methoxy groups -OCH3 is 2. The summed E-state index contributed by atoms with van der Waals surface area (Å²) in [6.45, 7) is 0.380. The summed E-state index contributed by atoms with van der Waals surface area (Å²) < 4.78 is 11.9. The number of rotatable bonds is 8. The van der Waals surface area contributed by atoms with Gasteiger partial charge in [0.1, 0.15) is 16.4 Å². The largest absolute Gasteiger partial charge is 0.496 e. The molecule has 4 aromatic rings. The third-order valence-corrected chi connectivity index (χ3v) is 6.26. The summed E-state index contributed by atoms with van der Waals surface area (Å²) in [5, 5.41) is 2.60.